The molecule has 2 heterocycles. The van der Waals surface area contributed by atoms with E-state index >= 15 is 0 Å². The SMILES string of the molecule is Cc1nc2c(cnn2C(C)C)cc1C(=O)NC1CCC(C)CC1. The molecular formula is C18H26N4O. The Morgan fingerprint density at radius 3 is 2.65 bits per heavy atom. The number of hydrogen-bond acceptors (Lipinski definition) is 3. The average Bonchev–Trinajstić information content (AvgIpc) is 2.91. The zero-order chi connectivity index (χ0) is 16.6. The van der Waals surface area contributed by atoms with Crippen LogP contribution >= 0.6 is 0 Å². The van der Waals surface area contributed by atoms with Crippen LogP contribution in [0.5, 0.6) is 0 Å². The van der Waals surface area contributed by atoms with Crippen LogP contribution in [0.4, 0.5) is 0 Å². The Kier molecular flexibility index (Phi) is 4.37. The summed E-state index contributed by atoms with van der Waals surface area (Å²) in [5, 5.41) is 8.49. The van der Waals surface area contributed by atoms with Gasteiger partial charge < -0.3 is 5.32 Å². The Labute approximate surface area is 137 Å². The lowest BCUT2D eigenvalue weighted by Crippen LogP contribution is -2.37. The molecule has 0 unspecified atom stereocenters. The number of aromatic nitrogens is 3. The summed E-state index contributed by atoms with van der Waals surface area (Å²) in [6.07, 6.45) is 6.34. The van der Waals surface area contributed by atoms with Crippen LogP contribution in [-0.2, 0) is 0 Å². The summed E-state index contributed by atoms with van der Waals surface area (Å²) in [4.78, 5) is 17.2. The lowest BCUT2D eigenvalue weighted by molar-refractivity contribution is 0.0922. The molecule has 0 atom stereocenters. The molecular weight excluding hydrogens is 288 g/mol. The number of aryl methyl sites for hydroxylation is 1. The van der Waals surface area contributed by atoms with E-state index in [1.807, 2.05) is 17.7 Å². The number of nitrogens with zero attached hydrogens (tertiary/aromatic N) is 3. The summed E-state index contributed by atoms with van der Waals surface area (Å²) in [6, 6.07) is 2.47. The number of carbonyl (C=O) groups excluding carboxylic acids is 1. The molecule has 1 amide bonds. The van der Waals surface area contributed by atoms with E-state index in [4.69, 9.17) is 0 Å². The molecule has 0 bridgehead atoms. The fraction of sp³-hybridized carbons (Fsp3) is 0.611. The molecule has 0 aliphatic heterocycles. The van der Waals surface area contributed by atoms with Crippen LogP contribution < -0.4 is 5.32 Å². The summed E-state index contributed by atoms with van der Waals surface area (Å²) in [7, 11) is 0. The number of amides is 1. The summed E-state index contributed by atoms with van der Waals surface area (Å²) in [6.45, 7) is 8.34. The number of pyridine rings is 1. The largest absolute Gasteiger partial charge is 0.349 e. The van der Waals surface area contributed by atoms with Gasteiger partial charge in [-0.1, -0.05) is 6.92 Å². The zero-order valence-corrected chi connectivity index (χ0v) is 14.5. The topological polar surface area (TPSA) is 59.8 Å². The Morgan fingerprint density at radius 2 is 2.00 bits per heavy atom. The van der Waals surface area contributed by atoms with Crippen molar-refractivity contribution >= 4 is 16.9 Å². The third kappa shape index (κ3) is 3.23. The van der Waals surface area contributed by atoms with Crippen molar-refractivity contribution in [3.05, 3.63) is 23.5 Å². The van der Waals surface area contributed by atoms with E-state index in [1.165, 1.54) is 12.8 Å². The van der Waals surface area contributed by atoms with Crippen molar-refractivity contribution in [1.82, 2.24) is 20.1 Å². The van der Waals surface area contributed by atoms with Crippen molar-refractivity contribution < 1.29 is 4.79 Å². The molecule has 1 N–H and O–H groups in total. The second kappa shape index (κ2) is 6.30. The van der Waals surface area contributed by atoms with Crippen LogP contribution in [0.15, 0.2) is 12.3 Å². The summed E-state index contributed by atoms with van der Waals surface area (Å²) in [5.41, 5.74) is 2.28. The fourth-order valence-electron chi connectivity index (χ4n) is 3.34. The van der Waals surface area contributed by atoms with Gasteiger partial charge in [0.1, 0.15) is 0 Å². The molecule has 5 nitrogen and oxygen atoms in total. The zero-order valence-electron chi connectivity index (χ0n) is 14.5. The van der Waals surface area contributed by atoms with Crippen LogP contribution in [0.2, 0.25) is 0 Å². The molecule has 23 heavy (non-hydrogen) atoms. The van der Waals surface area contributed by atoms with Gasteiger partial charge in [-0.15, -0.1) is 0 Å². The lowest BCUT2D eigenvalue weighted by Gasteiger charge is -2.27. The molecule has 2 aromatic rings. The van der Waals surface area contributed by atoms with Gasteiger partial charge in [0.15, 0.2) is 5.65 Å². The highest BCUT2D eigenvalue weighted by Gasteiger charge is 2.22. The number of hydrogen-bond donors (Lipinski definition) is 1. The smallest absolute Gasteiger partial charge is 0.253 e. The van der Waals surface area contributed by atoms with Gasteiger partial charge in [-0.3, -0.25) is 4.79 Å². The van der Waals surface area contributed by atoms with Crippen molar-refractivity contribution in [2.75, 3.05) is 0 Å². The Bertz CT molecular complexity index is 711. The Morgan fingerprint density at radius 1 is 1.30 bits per heavy atom. The standard InChI is InChI=1S/C18H26N4O/c1-11(2)22-17-14(10-19-22)9-16(13(4)20-17)18(23)21-15-7-5-12(3)6-8-15/h9-12,15H,5-8H2,1-4H3,(H,21,23). The minimum atomic E-state index is -0.00579. The van der Waals surface area contributed by atoms with E-state index in [0.717, 1.165) is 35.5 Å². The second-order valence-corrected chi connectivity index (χ2v) is 7.15. The first-order chi connectivity index (χ1) is 11.0. The Balaban J connectivity index is 1.82. The average molecular weight is 314 g/mol. The van der Waals surface area contributed by atoms with E-state index in [0.29, 0.717) is 11.6 Å². The number of carbonyl (C=O) groups is 1. The fourth-order valence-corrected chi connectivity index (χ4v) is 3.34. The van der Waals surface area contributed by atoms with Crippen LogP contribution in [0.3, 0.4) is 0 Å². The molecule has 0 saturated heterocycles. The molecule has 2 aromatic heterocycles. The Hall–Kier alpha value is -1.91. The first-order valence-corrected chi connectivity index (χ1v) is 8.61. The summed E-state index contributed by atoms with van der Waals surface area (Å²) < 4.78 is 1.90. The molecule has 5 heteroatoms. The minimum Gasteiger partial charge on any atom is -0.349 e. The maximum Gasteiger partial charge on any atom is 0.253 e. The van der Waals surface area contributed by atoms with Gasteiger partial charge in [-0.05, 0) is 58.4 Å². The summed E-state index contributed by atoms with van der Waals surface area (Å²) >= 11 is 0. The summed E-state index contributed by atoms with van der Waals surface area (Å²) in [5.74, 6) is 0.776. The van der Waals surface area contributed by atoms with Crippen molar-refractivity contribution in [1.29, 1.82) is 0 Å². The molecule has 0 spiro atoms. The molecule has 3 rings (SSSR count). The van der Waals surface area contributed by atoms with Crippen LogP contribution in [0.25, 0.3) is 11.0 Å². The highest BCUT2D eigenvalue weighted by atomic mass is 16.1. The highest BCUT2D eigenvalue weighted by Crippen LogP contribution is 2.24. The second-order valence-electron chi connectivity index (χ2n) is 7.15. The highest BCUT2D eigenvalue weighted by molar-refractivity contribution is 5.98. The first kappa shape index (κ1) is 16.0. The van der Waals surface area contributed by atoms with E-state index in [1.54, 1.807) is 6.20 Å². The van der Waals surface area contributed by atoms with Gasteiger partial charge in [-0.2, -0.15) is 5.10 Å². The number of fused-ring (bicyclic) bond motifs is 1. The van der Waals surface area contributed by atoms with Gasteiger partial charge in [0.05, 0.1) is 17.5 Å². The van der Waals surface area contributed by atoms with Crippen LogP contribution in [0.1, 0.15) is 68.5 Å². The molecule has 1 aliphatic rings. The predicted molar refractivity (Wildman–Crippen MR) is 91.5 cm³/mol. The van der Waals surface area contributed by atoms with Gasteiger partial charge in [0.25, 0.3) is 5.91 Å². The van der Waals surface area contributed by atoms with E-state index in [9.17, 15) is 4.79 Å². The molecule has 1 saturated carbocycles. The van der Waals surface area contributed by atoms with Gasteiger partial charge in [-0.25, -0.2) is 9.67 Å². The molecule has 1 aliphatic carbocycles. The molecule has 124 valence electrons. The maximum atomic E-state index is 12.6. The first-order valence-electron chi connectivity index (χ1n) is 8.61. The molecule has 0 aromatic carbocycles. The number of rotatable bonds is 3. The normalized spacial score (nSPS) is 21.8. The quantitative estimate of drug-likeness (QED) is 0.941. The minimum absolute atomic E-state index is 0.00579. The van der Waals surface area contributed by atoms with Gasteiger partial charge >= 0.3 is 0 Å². The molecule has 1 fully saturated rings. The van der Waals surface area contributed by atoms with E-state index in [-0.39, 0.29) is 11.9 Å². The van der Waals surface area contributed by atoms with Crippen LogP contribution in [0, 0.1) is 12.8 Å². The van der Waals surface area contributed by atoms with Crippen molar-refractivity contribution in [2.24, 2.45) is 5.92 Å². The molecule has 0 radical (unpaired) electrons. The maximum absolute atomic E-state index is 12.6. The van der Waals surface area contributed by atoms with Crippen molar-refractivity contribution in [2.45, 2.75) is 65.5 Å². The predicted octanol–water partition coefficient (Wildman–Crippen LogP) is 3.63. The number of nitrogens with one attached hydrogen (secondary N) is 1. The van der Waals surface area contributed by atoms with E-state index in [2.05, 4.69) is 36.2 Å². The monoisotopic (exact) mass is 314 g/mol. The third-order valence-electron chi connectivity index (χ3n) is 4.84. The van der Waals surface area contributed by atoms with Gasteiger partial charge in [0, 0.05) is 17.5 Å². The van der Waals surface area contributed by atoms with Gasteiger partial charge in [0.2, 0.25) is 0 Å². The van der Waals surface area contributed by atoms with Crippen molar-refractivity contribution in [3.8, 4) is 0 Å². The van der Waals surface area contributed by atoms with E-state index < -0.39 is 0 Å². The van der Waals surface area contributed by atoms with Crippen molar-refractivity contribution in [3.63, 3.8) is 0 Å². The van der Waals surface area contributed by atoms with Crippen LogP contribution in [-0.4, -0.2) is 26.7 Å². The lowest BCUT2D eigenvalue weighted by atomic mass is 9.87. The third-order valence-corrected chi connectivity index (χ3v) is 4.84.